The van der Waals surface area contributed by atoms with E-state index in [4.69, 9.17) is 0 Å². The van der Waals surface area contributed by atoms with Crippen molar-refractivity contribution < 1.29 is 0 Å². The number of unbranched alkanes of at least 4 members (excludes halogenated alkanes) is 15. The van der Waals surface area contributed by atoms with Crippen molar-refractivity contribution in [3.8, 4) is 0 Å². The zero-order valence-electron chi connectivity index (χ0n) is 23.3. The second kappa shape index (κ2) is 25.2. The lowest BCUT2D eigenvalue weighted by molar-refractivity contribution is 0.617. The Labute approximate surface area is 228 Å². The highest BCUT2D eigenvalue weighted by Gasteiger charge is 2.35. The van der Waals surface area contributed by atoms with Crippen molar-refractivity contribution in [2.24, 2.45) is 0 Å². The topological polar surface area (TPSA) is 0 Å². The summed E-state index contributed by atoms with van der Waals surface area (Å²) in [7, 11) is 1.22. The molecule has 0 aliphatic rings. The fourth-order valence-electron chi connectivity index (χ4n) is 5.01. The Morgan fingerprint density at radius 3 is 1.24 bits per heavy atom. The van der Waals surface area contributed by atoms with Crippen LogP contribution in [0.5, 0.6) is 0 Å². The molecule has 0 aliphatic heterocycles. The van der Waals surface area contributed by atoms with Gasteiger partial charge >= 0.3 is 0 Å². The Bertz CT molecular complexity index is 479. The van der Waals surface area contributed by atoms with Crippen LogP contribution in [-0.2, 0) is 6.16 Å². The van der Waals surface area contributed by atoms with Crippen LogP contribution in [0.2, 0.25) is 0 Å². The standard InChI is InChI=1S/C31H59P2.BrH/c1-4-7-10-13-16-22-27-33(28-23-17-14-11-8-5-2,29-24-18-15-12-9-6-3)32-30-31-25-20-19-21-26-31;/h19-21,25-26,32H,4-18,22-24,27-30H2,1-3H3;1H/q+1;. The summed E-state index contributed by atoms with van der Waals surface area (Å²) in [5, 5.41) is 0. The van der Waals surface area contributed by atoms with Crippen molar-refractivity contribution in [1.29, 1.82) is 0 Å². The maximum Gasteiger partial charge on any atom is 0.0614 e. The number of hydrogen-bond acceptors (Lipinski definition) is 0. The molecular formula is C31H60BrP2+. The Morgan fingerprint density at radius 1 is 0.500 bits per heavy atom. The number of rotatable bonds is 24. The van der Waals surface area contributed by atoms with Crippen molar-refractivity contribution in [3.05, 3.63) is 35.9 Å². The molecule has 34 heavy (non-hydrogen) atoms. The zero-order valence-corrected chi connectivity index (χ0v) is 26.9. The van der Waals surface area contributed by atoms with Crippen LogP contribution in [0.1, 0.15) is 142 Å². The summed E-state index contributed by atoms with van der Waals surface area (Å²) < 4.78 is 0. The molecule has 200 valence electrons. The van der Waals surface area contributed by atoms with E-state index >= 15 is 0 Å². The molecule has 1 rings (SSSR count). The third kappa shape index (κ3) is 18.8. The van der Waals surface area contributed by atoms with Gasteiger partial charge in [-0.15, -0.1) is 17.0 Å². The van der Waals surface area contributed by atoms with Gasteiger partial charge in [-0.25, -0.2) is 0 Å². The van der Waals surface area contributed by atoms with Gasteiger partial charge in [0.25, 0.3) is 0 Å². The molecule has 0 N–H and O–H groups in total. The van der Waals surface area contributed by atoms with Gasteiger partial charge in [0, 0.05) is 21.4 Å². The first kappa shape index (κ1) is 34.6. The van der Waals surface area contributed by atoms with E-state index in [0.717, 1.165) is 0 Å². The molecule has 0 radical (unpaired) electrons. The Hall–Kier alpha value is 0.560. The zero-order chi connectivity index (χ0) is 23.9. The molecule has 0 bridgehead atoms. The van der Waals surface area contributed by atoms with Crippen molar-refractivity contribution in [3.63, 3.8) is 0 Å². The minimum absolute atomic E-state index is 0. The molecule has 0 saturated carbocycles. The molecule has 1 unspecified atom stereocenters. The minimum atomic E-state index is -0.801. The summed E-state index contributed by atoms with van der Waals surface area (Å²) in [5.41, 5.74) is 1.59. The van der Waals surface area contributed by atoms with Gasteiger partial charge in [-0.1, -0.05) is 128 Å². The van der Waals surface area contributed by atoms with Crippen LogP contribution in [0, 0.1) is 0 Å². The molecule has 0 nitrogen and oxygen atoms in total. The minimum Gasteiger partial charge on any atom is -0.114 e. The maximum absolute atomic E-state index is 2.38. The van der Waals surface area contributed by atoms with Crippen LogP contribution in [0.3, 0.4) is 0 Å². The summed E-state index contributed by atoms with van der Waals surface area (Å²) in [6.07, 6.45) is 32.4. The molecule has 0 aromatic heterocycles. The summed E-state index contributed by atoms with van der Waals surface area (Å²) >= 11 is 0. The van der Waals surface area contributed by atoms with Gasteiger partial charge in [-0.05, 0) is 44.1 Å². The normalized spacial score (nSPS) is 11.9. The van der Waals surface area contributed by atoms with Gasteiger partial charge in [0.05, 0.1) is 18.5 Å². The van der Waals surface area contributed by atoms with Crippen LogP contribution >= 0.6 is 32.2 Å². The maximum atomic E-state index is 2.38. The molecular weight excluding hydrogens is 514 g/mol. The van der Waals surface area contributed by atoms with E-state index in [9.17, 15) is 0 Å². The molecule has 0 fully saturated rings. The van der Waals surface area contributed by atoms with E-state index in [1.807, 2.05) is 0 Å². The van der Waals surface area contributed by atoms with Gasteiger partial charge < -0.3 is 0 Å². The van der Waals surface area contributed by atoms with E-state index in [-0.39, 0.29) is 17.0 Å². The highest BCUT2D eigenvalue weighted by Crippen LogP contribution is 2.76. The molecule has 3 heteroatoms. The highest BCUT2D eigenvalue weighted by molar-refractivity contribution is 8.93. The molecule has 0 spiro atoms. The van der Waals surface area contributed by atoms with Crippen molar-refractivity contribution in [2.45, 2.75) is 143 Å². The first-order chi connectivity index (χ1) is 16.3. The summed E-state index contributed by atoms with van der Waals surface area (Å²) in [4.78, 5) is 0. The molecule has 1 aromatic rings. The van der Waals surface area contributed by atoms with Crippen LogP contribution in [0.4, 0.5) is 0 Å². The van der Waals surface area contributed by atoms with Gasteiger partial charge in [-0.3, -0.25) is 0 Å². The van der Waals surface area contributed by atoms with Crippen LogP contribution in [-0.4, -0.2) is 18.5 Å². The second-order valence-corrected chi connectivity index (χ2v) is 18.5. The fourth-order valence-corrected chi connectivity index (χ4v) is 13.8. The molecule has 0 saturated heterocycles. The van der Waals surface area contributed by atoms with Crippen molar-refractivity contribution >= 4 is 32.2 Å². The van der Waals surface area contributed by atoms with Crippen LogP contribution < -0.4 is 0 Å². The molecule has 1 aromatic carbocycles. The monoisotopic (exact) mass is 573 g/mol. The lowest BCUT2D eigenvalue weighted by Crippen LogP contribution is -2.06. The Morgan fingerprint density at radius 2 is 0.853 bits per heavy atom. The SMILES string of the molecule is Br.CCCCCCCC[P+](CCCCCCCC)(CCCCCCCC)PCc1ccccc1. The van der Waals surface area contributed by atoms with Gasteiger partial charge in [0.2, 0.25) is 0 Å². The van der Waals surface area contributed by atoms with E-state index in [2.05, 4.69) is 51.1 Å². The van der Waals surface area contributed by atoms with Crippen LogP contribution in [0.15, 0.2) is 30.3 Å². The molecule has 0 heterocycles. The Balaban J connectivity index is 0.0000109. The predicted octanol–water partition coefficient (Wildman–Crippen LogP) is 12.5. The third-order valence-electron chi connectivity index (χ3n) is 7.28. The van der Waals surface area contributed by atoms with Crippen molar-refractivity contribution in [2.75, 3.05) is 18.5 Å². The van der Waals surface area contributed by atoms with E-state index in [1.165, 1.54) is 130 Å². The molecule has 0 aliphatic carbocycles. The van der Waals surface area contributed by atoms with E-state index < -0.39 is 6.95 Å². The first-order valence-electron chi connectivity index (χ1n) is 14.9. The average Bonchev–Trinajstić information content (AvgIpc) is 2.85. The number of benzene rings is 1. The predicted molar refractivity (Wildman–Crippen MR) is 170 cm³/mol. The average molecular weight is 575 g/mol. The summed E-state index contributed by atoms with van der Waals surface area (Å²) in [6, 6.07) is 11.4. The van der Waals surface area contributed by atoms with Gasteiger partial charge in [0.15, 0.2) is 0 Å². The molecule has 0 amide bonds. The lowest BCUT2D eigenvalue weighted by Gasteiger charge is -2.28. The quantitative estimate of drug-likeness (QED) is 0.0851. The van der Waals surface area contributed by atoms with Gasteiger partial charge in [-0.2, -0.15) is 0 Å². The lowest BCUT2D eigenvalue weighted by atomic mass is 10.1. The smallest absolute Gasteiger partial charge is 0.0614 e. The second-order valence-electron chi connectivity index (χ2n) is 10.4. The van der Waals surface area contributed by atoms with E-state index in [1.54, 1.807) is 24.0 Å². The largest absolute Gasteiger partial charge is 0.114 e. The highest BCUT2D eigenvalue weighted by atomic mass is 79.9. The number of hydrogen-bond donors (Lipinski definition) is 0. The first-order valence-corrected chi connectivity index (χ1v) is 19.3. The fraction of sp³-hybridized carbons (Fsp3) is 0.806. The Kier molecular flexibility index (Phi) is 25.6. The van der Waals surface area contributed by atoms with Crippen LogP contribution in [0.25, 0.3) is 0 Å². The summed E-state index contributed by atoms with van der Waals surface area (Å²) in [6.45, 7) is 6.21. The van der Waals surface area contributed by atoms with Crippen molar-refractivity contribution in [1.82, 2.24) is 0 Å². The van der Waals surface area contributed by atoms with E-state index in [0.29, 0.717) is 0 Å². The third-order valence-corrected chi connectivity index (χ3v) is 16.5. The van der Waals surface area contributed by atoms with Gasteiger partial charge in [0.1, 0.15) is 0 Å². The molecule has 1 atom stereocenters. The number of halogens is 1. The summed E-state index contributed by atoms with van der Waals surface area (Å²) in [5.74, 6) is 0.